The third-order valence-electron chi connectivity index (χ3n) is 3.03. The van der Waals surface area contributed by atoms with Crippen LogP contribution in [0.3, 0.4) is 0 Å². The second kappa shape index (κ2) is 7.09. The number of hydrogen-bond donors (Lipinski definition) is 1. The van der Waals surface area contributed by atoms with Crippen molar-refractivity contribution in [1.29, 1.82) is 0 Å². The average Bonchev–Trinajstić information content (AvgIpc) is 2.56. The Labute approximate surface area is 133 Å². The number of anilines is 1. The van der Waals surface area contributed by atoms with Crippen LogP contribution in [0.25, 0.3) is 0 Å². The number of esters is 1. The average molecular weight is 319 g/mol. The van der Waals surface area contributed by atoms with Crippen molar-refractivity contribution >= 4 is 23.4 Å². The van der Waals surface area contributed by atoms with Gasteiger partial charge in [-0.3, -0.25) is 0 Å². The Hall–Kier alpha value is -2.34. The van der Waals surface area contributed by atoms with Crippen LogP contribution in [0.2, 0.25) is 0 Å². The minimum absolute atomic E-state index is 0.387. The Bertz CT molecular complexity index is 688. The molecule has 6 heteroatoms. The molecule has 116 valence electrons. The largest absolute Gasteiger partial charge is 0.493 e. The molecule has 0 heterocycles. The topological polar surface area (TPSA) is 70.8 Å². The molecule has 0 saturated heterocycles. The number of carbonyl (C=O) groups is 1. The van der Waals surface area contributed by atoms with E-state index < -0.39 is 0 Å². The first-order chi connectivity index (χ1) is 10.6. The minimum atomic E-state index is -0.387. The van der Waals surface area contributed by atoms with Crippen LogP contribution in [-0.4, -0.2) is 27.3 Å². The summed E-state index contributed by atoms with van der Waals surface area (Å²) < 4.78 is 15.3. The lowest BCUT2D eigenvalue weighted by atomic mass is 10.2. The molecule has 0 saturated carbocycles. The van der Waals surface area contributed by atoms with E-state index in [9.17, 15) is 4.79 Å². The fourth-order valence-electron chi connectivity index (χ4n) is 1.92. The van der Waals surface area contributed by atoms with Crippen LogP contribution in [0.4, 0.5) is 5.69 Å². The van der Waals surface area contributed by atoms with Crippen molar-refractivity contribution < 1.29 is 19.0 Å². The first kappa shape index (κ1) is 16.0. The molecule has 0 amide bonds. The number of rotatable bonds is 5. The Morgan fingerprint density at radius 2 is 1.64 bits per heavy atom. The van der Waals surface area contributed by atoms with Gasteiger partial charge in [0.05, 0.1) is 26.9 Å². The van der Waals surface area contributed by atoms with Crippen molar-refractivity contribution in [2.75, 3.05) is 27.1 Å². The van der Waals surface area contributed by atoms with Crippen LogP contribution < -0.4 is 15.2 Å². The molecule has 0 aliphatic heterocycles. The van der Waals surface area contributed by atoms with E-state index in [1.165, 1.54) is 18.9 Å². The number of carbonyl (C=O) groups excluding carboxylic acids is 1. The zero-order valence-electron chi connectivity index (χ0n) is 12.6. The second-order valence-corrected chi connectivity index (χ2v) is 5.42. The Morgan fingerprint density at radius 3 is 2.27 bits per heavy atom. The molecule has 0 radical (unpaired) electrons. The van der Waals surface area contributed by atoms with Crippen LogP contribution in [0.15, 0.2) is 46.2 Å². The molecular weight excluding hydrogens is 302 g/mol. The van der Waals surface area contributed by atoms with Crippen LogP contribution in [0.5, 0.6) is 11.5 Å². The predicted molar refractivity (Wildman–Crippen MR) is 85.9 cm³/mol. The number of methoxy groups -OCH3 is 3. The smallest absolute Gasteiger partial charge is 0.339 e. The van der Waals surface area contributed by atoms with Gasteiger partial charge in [0.25, 0.3) is 0 Å². The first-order valence-electron chi connectivity index (χ1n) is 6.47. The van der Waals surface area contributed by atoms with Gasteiger partial charge in [0, 0.05) is 21.5 Å². The number of nitrogens with two attached hydrogens (primary N) is 1. The van der Waals surface area contributed by atoms with Gasteiger partial charge in [-0.15, -0.1) is 0 Å². The molecule has 0 atom stereocenters. The number of hydrogen-bond acceptors (Lipinski definition) is 6. The monoisotopic (exact) mass is 319 g/mol. The molecule has 0 unspecified atom stereocenters. The van der Waals surface area contributed by atoms with Crippen molar-refractivity contribution in [2.45, 2.75) is 9.79 Å². The van der Waals surface area contributed by atoms with Gasteiger partial charge < -0.3 is 19.9 Å². The van der Waals surface area contributed by atoms with Gasteiger partial charge in [-0.2, -0.15) is 0 Å². The fourth-order valence-corrected chi connectivity index (χ4v) is 2.90. The molecule has 2 rings (SSSR count). The third kappa shape index (κ3) is 3.28. The van der Waals surface area contributed by atoms with Crippen molar-refractivity contribution in [2.24, 2.45) is 0 Å². The summed E-state index contributed by atoms with van der Waals surface area (Å²) in [6, 6.07) is 10.7. The van der Waals surface area contributed by atoms with Crippen LogP contribution in [0, 0.1) is 0 Å². The lowest BCUT2D eigenvalue weighted by Gasteiger charge is -2.13. The molecule has 0 aromatic heterocycles. The van der Waals surface area contributed by atoms with Gasteiger partial charge in [-0.05, 0) is 18.2 Å². The summed E-state index contributed by atoms with van der Waals surface area (Å²) >= 11 is 1.37. The highest BCUT2D eigenvalue weighted by Gasteiger charge is 2.15. The van der Waals surface area contributed by atoms with Crippen LogP contribution in [-0.2, 0) is 4.74 Å². The Balaban J connectivity index is 2.41. The molecule has 0 aliphatic carbocycles. The van der Waals surface area contributed by atoms with Crippen LogP contribution >= 0.6 is 11.8 Å². The van der Waals surface area contributed by atoms with E-state index >= 15 is 0 Å². The van der Waals surface area contributed by atoms with E-state index in [0.29, 0.717) is 22.7 Å². The zero-order valence-corrected chi connectivity index (χ0v) is 13.4. The normalized spacial score (nSPS) is 10.1. The molecule has 22 heavy (non-hydrogen) atoms. The Morgan fingerprint density at radius 1 is 1.00 bits per heavy atom. The summed E-state index contributed by atoms with van der Waals surface area (Å²) in [6.07, 6.45) is 0. The summed E-state index contributed by atoms with van der Waals surface area (Å²) in [4.78, 5) is 13.4. The lowest BCUT2D eigenvalue weighted by molar-refractivity contribution is 0.0597. The Kier molecular flexibility index (Phi) is 5.16. The number of nitrogen functional groups attached to an aromatic ring is 1. The van der Waals surface area contributed by atoms with Crippen molar-refractivity contribution in [1.82, 2.24) is 0 Å². The summed E-state index contributed by atoms with van der Waals surface area (Å²) in [5.41, 5.74) is 7.09. The first-order valence-corrected chi connectivity index (χ1v) is 7.29. The van der Waals surface area contributed by atoms with Gasteiger partial charge in [0.2, 0.25) is 0 Å². The summed E-state index contributed by atoms with van der Waals surface area (Å²) in [6.45, 7) is 0. The summed E-state index contributed by atoms with van der Waals surface area (Å²) in [5.74, 6) is 0.752. The number of benzene rings is 2. The van der Waals surface area contributed by atoms with Gasteiger partial charge in [0.15, 0.2) is 11.5 Å². The maximum Gasteiger partial charge on any atom is 0.339 e. The van der Waals surface area contributed by atoms with Gasteiger partial charge >= 0.3 is 5.97 Å². The highest BCUT2D eigenvalue weighted by Crippen LogP contribution is 2.40. The van der Waals surface area contributed by atoms with Crippen molar-refractivity contribution in [3.05, 3.63) is 42.0 Å². The van der Waals surface area contributed by atoms with E-state index in [-0.39, 0.29) is 5.97 Å². The molecule has 0 aliphatic rings. The SMILES string of the molecule is COC(=O)c1ccccc1Sc1cc(OC)c(OC)cc1N. The fraction of sp³-hybridized carbons (Fsp3) is 0.188. The summed E-state index contributed by atoms with van der Waals surface area (Å²) in [5, 5.41) is 0. The highest BCUT2D eigenvalue weighted by atomic mass is 32.2. The number of ether oxygens (including phenoxy) is 3. The quantitative estimate of drug-likeness (QED) is 0.674. The van der Waals surface area contributed by atoms with Gasteiger partial charge in [-0.25, -0.2) is 4.79 Å². The molecule has 2 N–H and O–H groups in total. The summed E-state index contributed by atoms with van der Waals surface area (Å²) in [7, 11) is 4.47. The van der Waals surface area contributed by atoms with E-state index in [1.54, 1.807) is 38.5 Å². The third-order valence-corrected chi connectivity index (χ3v) is 4.18. The van der Waals surface area contributed by atoms with Crippen molar-refractivity contribution in [3.63, 3.8) is 0 Å². The van der Waals surface area contributed by atoms with Gasteiger partial charge in [0.1, 0.15) is 0 Å². The predicted octanol–water partition coefficient (Wildman–Crippen LogP) is 3.22. The highest BCUT2D eigenvalue weighted by molar-refractivity contribution is 7.99. The van der Waals surface area contributed by atoms with E-state index in [4.69, 9.17) is 19.9 Å². The molecule has 2 aromatic rings. The maximum absolute atomic E-state index is 11.8. The van der Waals surface area contributed by atoms with Crippen molar-refractivity contribution in [3.8, 4) is 11.5 Å². The zero-order chi connectivity index (χ0) is 16.1. The van der Waals surface area contributed by atoms with E-state index in [1.807, 2.05) is 12.1 Å². The molecule has 0 spiro atoms. The standard InChI is InChI=1S/C16H17NO4S/c1-19-12-8-11(17)15(9-13(12)20-2)22-14-7-5-4-6-10(14)16(18)21-3/h4-9H,17H2,1-3H3. The van der Waals surface area contributed by atoms with E-state index in [2.05, 4.69) is 0 Å². The molecule has 0 bridgehead atoms. The van der Waals surface area contributed by atoms with Gasteiger partial charge in [-0.1, -0.05) is 23.9 Å². The maximum atomic E-state index is 11.8. The molecular formula is C16H17NO4S. The van der Waals surface area contributed by atoms with Crippen LogP contribution in [0.1, 0.15) is 10.4 Å². The second-order valence-electron chi connectivity index (χ2n) is 4.33. The minimum Gasteiger partial charge on any atom is -0.493 e. The molecule has 2 aromatic carbocycles. The molecule has 5 nitrogen and oxygen atoms in total. The lowest BCUT2D eigenvalue weighted by Crippen LogP contribution is -2.03. The van der Waals surface area contributed by atoms with E-state index in [0.717, 1.165) is 9.79 Å². The molecule has 0 fully saturated rings.